The molecule has 2 aliphatic heterocycles. The zero-order valence-corrected chi connectivity index (χ0v) is 22.4. The Balaban J connectivity index is 0.00000324. The summed E-state index contributed by atoms with van der Waals surface area (Å²) in [6, 6.07) is 17.3. The highest BCUT2D eigenvalue weighted by Crippen LogP contribution is 2.24. The summed E-state index contributed by atoms with van der Waals surface area (Å²) in [6.45, 7) is 6.81. The maximum Gasteiger partial charge on any atom is 0.191 e. The van der Waals surface area contributed by atoms with Gasteiger partial charge in [0.15, 0.2) is 5.96 Å². The summed E-state index contributed by atoms with van der Waals surface area (Å²) >= 11 is 0. The summed E-state index contributed by atoms with van der Waals surface area (Å²) < 4.78 is 10.9. The highest BCUT2D eigenvalue weighted by Gasteiger charge is 2.23. The van der Waals surface area contributed by atoms with Gasteiger partial charge in [0.2, 0.25) is 0 Å². The Morgan fingerprint density at radius 3 is 2.47 bits per heavy atom. The molecule has 0 amide bonds. The molecule has 0 spiro atoms. The van der Waals surface area contributed by atoms with Crippen LogP contribution >= 0.6 is 24.0 Å². The van der Waals surface area contributed by atoms with Crippen LogP contribution in [0.3, 0.4) is 0 Å². The largest absolute Gasteiger partial charge is 0.497 e. The van der Waals surface area contributed by atoms with Crippen LogP contribution in [0.1, 0.15) is 17.2 Å². The van der Waals surface area contributed by atoms with E-state index in [1.54, 1.807) is 7.11 Å². The van der Waals surface area contributed by atoms with E-state index in [0.717, 1.165) is 64.2 Å². The van der Waals surface area contributed by atoms with Gasteiger partial charge in [-0.05, 0) is 35.4 Å². The van der Waals surface area contributed by atoms with Crippen LogP contribution in [0.15, 0.2) is 65.7 Å². The number of hydrogen-bond acceptors (Lipinski definition) is 5. The van der Waals surface area contributed by atoms with Gasteiger partial charge < -0.3 is 25.0 Å². The summed E-state index contributed by atoms with van der Waals surface area (Å²) in [5.41, 5.74) is 3.75. The first-order chi connectivity index (χ1) is 16.3. The Kier molecular flexibility index (Phi) is 10.5. The zero-order chi connectivity index (χ0) is 22.9. The van der Waals surface area contributed by atoms with Crippen molar-refractivity contribution in [1.82, 2.24) is 15.5 Å². The van der Waals surface area contributed by atoms with Crippen molar-refractivity contribution in [2.45, 2.75) is 12.6 Å². The van der Waals surface area contributed by atoms with Crippen LogP contribution in [0.2, 0.25) is 0 Å². The van der Waals surface area contributed by atoms with Crippen LogP contribution in [0.4, 0.5) is 5.69 Å². The van der Waals surface area contributed by atoms with Crippen molar-refractivity contribution < 1.29 is 9.47 Å². The monoisotopic (exact) mass is 577 g/mol. The Morgan fingerprint density at radius 1 is 1.06 bits per heavy atom. The summed E-state index contributed by atoms with van der Waals surface area (Å²) in [6.07, 6.45) is 4.43. The van der Waals surface area contributed by atoms with Gasteiger partial charge in [0.05, 0.1) is 26.4 Å². The first-order valence-corrected chi connectivity index (χ1v) is 11.7. The number of rotatable bonds is 8. The lowest BCUT2D eigenvalue weighted by Gasteiger charge is -2.35. The van der Waals surface area contributed by atoms with Crippen molar-refractivity contribution >= 4 is 35.6 Å². The second kappa shape index (κ2) is 13.6. The summed E-state index contributed by atoms with van der Waals surface area (Å²) in [5.74, 6) is 1.67. The SMILES string of the molecule is CN=C(NCc1cccc(N2CC=CC2)c1)NCC(c1ccc(OC)cc1)N1CCOCC1.I. The van der Waals surface area contributed by atoms with Crippen molar-refractivity contribution in [2.24, 2.45) is 4.99 Å². The average molecular weight is 578 g/mol. The molecule has 2 aromatic rings. The molecule has 184 valence electrons. The molecule has 2 aliphatic rings. The van der Waals surface area contributed by atoms with E-state index in [4.69, 9.17) is 9.47 Å². The molecule has 2 heterocycles. The van der Waals surface area contributed by atoms with Gasteiger partial charge >= 0.3 is 0 Å². The van der Waals surface area contributed by atoms with Crippen molar-refractivity contribution in [3.8, 4) is 5.75 Å². The molecule has 2 N–H and O–H groups in total. The van der Waals surface area contributed by atoms with Crippen LogP contribution in [-0.2, 0) is 11.3 Å². The third-order valence-corrected chi connectivity index (χ3v) is 6.23. The minimum atomic E-state index is 0. The number of benzene rings is 2. The number of aliphatic imine (C=N–C) groups is 1. The van der Waals surface area contributed by atoms with Gasteiger partial charge in [0.1, 0.15) is 5.75 Å². The molecular weight excluding hydrogens is 541 g/mol. The lowest BCUT2D eigenvalue weighted by Crippen LogP contribution is -2.46. The molecule has 0 saturated carbocycles. The summed E-state index contributed by atoms with van der Waals surface area (Å²) in [5, 5.41) is 7.01. The number of halogens is 1. The molecule has 2 aromatic carbocycles. The number of anilines is 1. The van der Waals surface area contributed by atoms with E-state index in [1.807, 2.05) is 19.2 Å². The first kappa shape index (κ1) is 26.3. The minimum absolute atomic E-state index is 0. The number of ether oxygens (including phenoxy) is 2. The molecule has 1 fully saturated rings. The second-order valence-electron chi connectivity index (χ2n) is 8.29. The molecular formula is C26H36IN5O2. The van der Waals surface area contributed by atoms with Gasteiger partial charge in [-0.25, -0.2) is 0 Å². The molecule has 34 heavy (non-hydrogen) atoms. The molecule has 4 rings (SSSR count). The average Bonchev–Trinajstić information content (AvgIpc) is 3.42. The van der Waals surface area contributed by atoms with E-state index in [0.29, 0.717) is 0 Å². The molecule has 8 heteroatoms. The summed E-state index contributed by atoms with van der Waals surface area (Å²) in [7, 11) is 3.52. The quantitative estimate of drug-likeness (QED) is 0.217. The highest BCUT2D eigenvalue weighted by atomic mass is 127. The van der Waals surface area contributed by atoms with Crippen LogP contribution in [-0.4, -0.2) is 71.0 Å². The molecule has 0 radical (unpaired) electrons. The Labute approximate surface area is 220 Å². The topological polar surface area (TPSA) is 61.4 Å². The molecule has 0 aliphatic carbocycles. The fourth-order valence-corrected chi connectivity index (χ4v) is 4.32. The number of guanidine groups is 1. The highest BCUT2D eigenvalue weighted by molar-refractivity contribution is 14.0. The second-order valence-corrected chi connectivity index (χ2v) is 8.29. The van der Waals surface area contributed by atoms with E-state index in [2.05, 4.69) is 74.0 Å². The smallest absolute Gasteiger partial charge is 0.191 e. The normalized spacial score (nSPS) is 17.2. The number of hydrogen-bond donors (Lipinski definition) is 2. The van der Waals surface area contributed by atoms with Crippen molar-refractivity contribution in [3.05, 3.63) is 71.8 Å². The van der Waals surface area contributed by atoms with Gasteiger partial charge in [-0.1, -0.05) is 36.4 Å². The first-order valence-electron chi connectivity index (χ1n) is 11.7. The van der Waals surface area contributed by atoms with E-state index in [1.165, 1.54) is 16.8 Å². The lowest BCUT2D eigenvalue weighted by atomic mass is 10.0. The maximum atomic E-state index is 5.58. The van der Waals surface area contributed by atoms with Crippen molar-refractivity contribution in [3.63, 3.8) is 0 Å². The predicted molar refractivity (Wildman–Crippen MR) is 150 cm³/mol. The zero-order valence-electron chi connectivity index (χ0n) is 20.1. The molecule has 1 unspecified atom stereocenters. The molecule has 1 atom stereocenters. The Morgan fingerprint density at radius 2 is 1.79 bits per heavy atom. The van der Waals surface area contributed by atoms with Crippen molar-refractivity contribution in [1.29, 1.82) is 0 Å². The standard InChI is InChI=1S/C26H35N5O2.HI/c1-27-26(28-19-21-6-5-7-23(18-21)30-12-3-4-13-30)29-20-25(31-14-16-33-17-15-31)22-8-10-24(32-2)11-9-22;/h3-11,18,25H,12-17,19-20H2,1-2H3,(H2,27,28,29);1H. The van der Waals surface area contributed by atoms with Crippen molar-refractivity contribution in [2.75, 3.05) is 65.0 Å². The van der Waals surface area contributed by atoms with Crippen LogP contribution in [0.5, 0.6) is 5.75 Å². The van der Waals surface area contributed by atoms with Gasteiger partial charge in [0, 0.05) is 52.0 Å². The van der Waals surface area contributed by atoms with Crippen LogP contribution in [0.25, 0.3) is 0 Å². The van der Waals surface area contributed by atoms with Crippen LogP contribution < -0.4 is 20.3 Å². The fraction of sp³-hybridized carbons (Fsp3) is 0.423. The molecule has 0 bridgehead atoms. The van der Waals surface area contributed by atoms with E-state index in [-0.39, 0.29) is 30.0 Å². The maximum absolute atomic E-state index is 5.58. The predicted octanol–water partition coefficient (Wildman–Crippen LogP) is 3.43. The molecule has 7 nitrogen and oxygen atoms in total. The van der Waals surface area contributed by atoms with Crippen LogP contribution in [0, 0.1) is 0 Å². The number of nitrogens with one attached hydrogen (secondary N) is 2. The molecule has 0 aromatic heterocycles. The summed E-state index contributed by atoms with van der Waals surface area (Å²) in [4.78, 5) is 9.28. The number of methoxy groups -OCH3 is 1. The number of nitrogens with zero attached hydrogens (tertiary/aromatic N) is 3. The lowest BCUT2D eigenvalue weighted by molar-refractivity contribution is 0.0170. The van der Waals surface area contributed by atoms with Gasteiger partial charge in [0.25, 0.3) is 0 Å². The number of morpholine rings is 1. The Bertz CT molecular complexity index is 936. The van der Waals surface area contributed by atoms with Gasteiger partial charge in [-0.15, -0.1) is 24.0 Å². The molecule has 1 saturated heterocycles. The fourth-order valence-electron chi connectivity index (χ4n) is 4.32. The van der Waals surface area contributed by atoms with Gasteiger partial charge in [-0.2, -0.15) is 0 Å². The Hall–Kier alpha value is -2.30. The van der Waals surface area contributed by atoms with E-state index >= 15 is 0 Å². The third kappa shape index (κ3) is 7.10. The minimum Gasteiger partial charge on any atom is -0.497 e. The van der Waals surface area contributed by atoms with Gasteiger partial charge in [-0.3, -0.25) is 9.89 Å². The van der Waals surface area contributed by atoms with E-state index in [9.17, 15) is 0 Å². The third-order valence-electron chi connectivity index (χ3n) is 6.23. The van der Waals surface area contributed by atoms with E-state index < -0.39 is 0 Å².